The lowest BCUT2D eigenvalue weighted by atomic mass is 9.87. The Morgan fingerprint density at radius 1 is 0.932 bits per heavy atom. The van der Waals surface area contributed by atoms with Gasteiger partial charge in [0, 0.05) is 56.1 Å². The molecular weight excluding hydrogens is 794 g/mol. The smallest absolute Gasteiger partial charge is 0.410 e. The number of benzene rings is 2. The molecule has 1 aliphatic carbocycles. The van der Waals surface area contributed by atoms with E-state index in [0.717, 1.165) is 52.8 Å². The fourth-order valence-corrected chi connectivity index (χ4v) is 7.78. The minimum atomic E-state index is -0.903. The largest absolute Gasteiger partial charge is 0.489 e. The third-order valence-corrected chi connectivity index (χ3v) is 11.0. The molecule has 3 aromatic rings. The number of fused-ring (bicyclic) bond motifs is 2. The number of aryl methyl sites for hydroxylation is 1. The number of rotatable bonds is 22. The van der Waals surface area contributed by atoms with Crippen LogP contribution in [0.25, 0.3) is 5.57 Å². The highest BCUT2D eigenvalue weighted by Crippen LogP contribution is 2.45. The number of nitrogens with zero attached hydrogens (tertiary/aromatic N) is 4. The molecule has 2 fully saturated rings. The van der Waals surface area contributed by atoms with Crippen LogP contribution in [0.3, 0.4) is 0 Å². The molecule has 3 aliphatic rings. The second-order valence-electron chi connectivity index (χ2n) is 14.6. The molecule has 0 spiro atoms. The van der Waals surface area contributed by atoms with Crippen LogP contribution < -0.4 is 9.47 Å². The van der Waals surface area contributed by atoms with Crippen molar-refractivity contribution in [1.82, 2.24) is 14.8 Å². The maximum atomic E-state index is 15.1. The van der Waals surface area contributed by atoms with Gasteiger partial charge in [0.1, 0.15) is 24.1 Å². The second-order valence-corrected chi connectivity index (χ2v) is 15.0. The first-order chi connectivity index (χ1) is 28.6. The van der Waals surface area contributed by atoms with Crippen molar-refractivity contribution < 1.29 is 52.0 Å². The molecule has 3 heterocycles. The Labute approximate surface area is 346 Å². The van der Waals surface area contributed by atoms with Gasteiger partial charge in [-0.15, -0.1) is 10.1 Å². The number of amides is 2. The SMILES string of the molecule is COCCCOc1nccc(CN(C(=O)C2=C(c3ccc(CCCOc4c(F)ccc(F)c4Cl)cc3)CC3CCC2N3C(=O)OCCOCCO[N+](=O)[O-])C2CC2)c1C. The molecule has 2 atom stereocenters. The molecule has 2 aromatic carbocycles. The van der Waals surface area contributed by atoms with Crippen LogP contribution in [0, 0.1) is 28.7 Å². The first-order valence-electron chi connectivity index (χ1n) is 19.8. The van der Waals surface area contributed by atoms with Crippen LogP contribution in [0.5, 0.6) is 11.6 Å². The first-order valence-corrected chi connectivity index (χ1v) is 20.2. The normalized spacial score (nSPS) is 17.2. The van der Waals surface area contributed by atoms with Crippen molar-refractivity contribution in [3.8, 4) is 11.6 Å². The molecule has 2 unspecified atom stereocenters. The highest BCUT2D eigenvalue weighted by atomic mass is 35.5. The Balaban J connectivity index is 1.21. The lowest BCUT2D eigenvalue weighted by molar-refractivity contribution is -0.758. The van der Waals surface area contributed by atoms with Gasteiger partial charge in [-0.25, -0.2) is 18.6 Å². The van der Waals surface area contributed by atoms with Crippen LogP contribution in [0.1, 0.15) is 67.2 Å². The van der Waals surface area contributed by atoms with E-state index in [1.807, 2.05) is 42.2 Å². The number of hydrogen-bond donors (Lipinski definition) is 0. The van der Waals surface area contributed by atoms with Gasteiger partial charge in [-0.05, 0) is 92.3 Å². The summed E-state index contributed by atoms with van der Waals surface area (Å²) in [5.74, 6) is -1.42. The van der Waals surface area contributed by atoms with Gasteiger partial charge < -0.3 is 33.4 Å². The number of carbonyl (C=O) groups is 2. The molecule has 318 valence electrons. The highest BCUT2D eigenvalue weighted by molar-refractivity contribution is 6.32. The molecule has 1 aromatic heterocycles. The Morgan fingerprint density at radius 2 is 1.68 bits per heavy atom. The predicted molar refractivity (Wildman–Crippen MR) is 211 cm³/mol. The number of ether oxygens (including phenoxy) is 5. The summed E-state index contributed by atoms with van der Waals surface area (Å²) in [5, 5.41) is 9.08. The first kappa shape index (κ1) is 43.5. The van der Waals surface area contributed by atoms with E-state index in [-0.39, 0.29) is 56.8 Å². The molecule has 1 saturated heterocycles. The summed E-state index contributed by atoms with van der Waals surface area (Å²) in [4.78, 5) is 51.4. The molecule has 17 heteroatoms. The van der Waals surface area contributed by atoms with Gasteiger partial charge in [-0.2, -0.15) is 0 Å². The lowest BCUT2D eigenvalue weighted by Crippen LogP contribution is -2.49. The van der Waals surface area contributed by atoms with Crippen LogP contribution in [-0.4, -0.2) is 103 Å². The summed E-state index contributed by atoms with van der Waals surface area (Å²) in [7, 11) is 1.64. The zero-order valence-electron chi connectivity index (χ0n) is 33.2. The molecule has 6 rings (SSSR count). The van der Waals surface area contributed by atoms with E-state index in [2.05, 4.69) is 9.82 Å². The summed E-state index contributed by atoms with van der Waals surface area (Å²) >= 11 is 5.90. The van der Waals surface area contributed by atoms with Gasteiger partial charge in [0.05, 0.1) is 32.5 Å². The molecular formula is C42H49ClF2N4O10. The zero-order chi connectivity index (χ0) is 41.9. The van der Waals surface area contributed by atoms with Crippen molar-refractivity contribution in [2.45, 2.75) is 83.0 Å². The minimum absolute atomic E-state index is 0.0234. The number of pyridine rings is 1. The van der Waals surface area contributed by atoms with E-state index < -0.39 is 33.9 Å². The van der Waals surface area contributed by atoms with Gasteiger partial charge >= 0.3 is 6.09 Å². The monoisotopic (exact) mass is 842 g/mol. The summed E-state index contributed by atoms with van der Waals surface area (Å²) in [6.45, 7) is 3.09. The summed E-state index contributed by atoms with van der Waals surface area (Å²) in [6.07, 6.45) is 6.39. The number of aromatic nitrogens is 1. The Kier molecular flexibility index (Phi) is 15.3. The maximum Gasteiger partial charge on any atom is 0.410 e. The molecule has 1 saturated carbocycles. The Morgan fingerprint density at radius 3 is 2.42 bits per heavy atom. The number of carbonyl (C=O) groups excluding carboxylic acids is 2. The van der Waals surface area contributed by atoms with E-state index >= 15 is 4.79 Å². The number of halogens is 3. The Hall–Kier alpha value is -5.06. The molecule has 0 radical (unpaired) electrons. The van der Waals surface area contributed by atoms with Crippen molar-refractivity contribution >= 4 is 29.2 Å². The molecule has 0 N–H and O–H groups in total. The fourth-order valence-electron chi connectivity index (χ4n) is 7.57. The van der Waals surface area contributed by atoms with Gasteiger partial charge in [-0.1, -0.05) is 35.9 Å². The van der Waals surface area contributed by atoms with Gasteiger partial charge in [-0.3, -0.25) is 9.69 Å². The Bertz CT molecular complexity index is 1980. The minimum Gasteiger partial charge on any atom is -0.489 e. The quantitative estimate of drug-likeness (QED) is 0.0434. The van der Waals surface area contributed by atoms with Crippen molar-refractivity contribution in [3.05, 3.63) is 103 Å². The van der Waals surface area contributed by atoms with Crippen molar-refractivity contribution in [1.29, 1.82) is 0 Å². The van der Waals surface area contributed by atoms with Crippen molar-refractivity contribution in [2.75, 3.05) is 53.4 Å². The second kappa shape index (κ2) is 20.8. The van der Waals surface area contributed by atoms with Crippen molar-refractivity contribution in [2.24, 2.45) is 0 Å². The molecule has 2 bridgehead atoms. The van der Waals surface area contributed by atoms with Gasteiger partial charge in [0.2, 0.25) is 5.88 Å². The fraction of sp³-hybridized carbons (Fsp3) is 0.500. The van der Waals surface area contributed by atoms with Crippen molar-refractivity contribution in [3.63, 3.8) is 0 Å². The van der Waals surface area contributed by atoms with E-state index in [1.54, 1.807) is 18.2 Å². The van der Waals surface area contributed by atoms with Gasteiger partial charge in [0.15, 0.2) is 11.6 Å². The molecule has 14 nitrogen and oxygen atoms in total. The zero-order valence-corrected chi connectivity index (χ0v) is 33.9. The van der Waals surface area contributed by atoms with E-state index in [0.29, 0.717) is 69.7 Å². The summed E-state index contributed by atoms with van der Waals surface area (Å²) in [5.41, 5.74) is 5.07. The van der Waals surface area contributed by atoms with Crippen LogP contribution in [0.4, 0.5) is 13.6 Å². The molecule has 2 aliphatic heterocycles. The average molecular weight is 843 g/mol. The van der Waals surface area contributed by atoms with E-state index in [1.165, 1.54) is 0 Å². The maximum absolute atomic E-state index is 15.1. The molecule has 59 heavy (non-hydrogen) atoms. The van der Waals surface area contributed by atoms with Gasteiger partial charge in [0.25, 0.3) is 11.0 Å². The highest BCUT2D eigenvalue weighted by Gasteiger charge is 2.49. The lowest BCUT2D eigenvalue weighted by Gasteiger charge is -2.38. The topological polar surface area (TPSA) is 152 Å². The average Bonchev–Trinajstić information content (AvgIpc) is 4.02. The standard InChI is InChI=1S/C42H49ClF2N4O10/c1-27-30(16-17-46-40(27)57-20-4-18-54-2)26-47(31-10-11-31)41(50)37-33(25-32-12-15-36(37)48(32)42(51)58-23-21-55-22-24-59-49(52)53)29-8-6-28(7-9-29)5-3-19-56-39-35(45)14-13-34(44)38(39)43/h6-9,13-14,16-17,31-32,36H,3-5,10-12,15,18-26H2,1-2H3. The van der Waals surface area contributed by atoms with E-state index in [9.17, 15) is 23.7 Å². The summed E-state index contributed by atoms with van der Waals surface area (Å²) < 4.78 is 55.5. The van der Waals surface area contributed by atoms with Crippen LogP contribution >= 0.6 is 11.6 Å². The third kappa shape index (κ3) is 11.2. The van der Waals surface area contributed by atoms with Crippen LogP contribution in [0.2, 0.25) is 5.02 Å². The van der Waals surface area contributed by atoms with Crippen LogP contribution in [0.15, 0.2) is 54.2 Å². The number of methoxy groups -OCH3 is 1. The van der Waals surface area contributed by atoms with E-state index in [4.69, 9.17) is 35.3 Å². The summed E-state index contributed by atoms with van der Waals surface area (Å²) in [6, 6.07) is 11.1. The third-order valence-electron chi connectivity index (χ3n) is 10.7. The predicted octanol–water partition coefficient (Wildman–Crippen LogP) is 7.29. The number of hydrogen-bond acceptors (Lipinski definition) is 11. The molecule has 2 amide bonds. The van der Waals surface area contributed by atoms with Crippen LogP contribution in [-0.2, 0) is 36.8 Å².